The van der Waals surface area contributed by atoms with Crippen LogP contribution in [0.25, 0.3) is 0 Å². The maximum atomic E-state index is 13.4. The van der Waals surface area contributed by atoms with Crippen molar-refractivity contribution < 1.29 is 8.42 Å². The highest BCUT2D eigenvalue weighted by Gasteiger charge is 2.38. The van der Waals surface area contributed by atoms with Gasteiger partial charge in [0.2, 0.25) is 10.0 Å². The Morgan fingerprint density at radius 3 is 2.35 bits per heavy atom. The summed E-state index contributed by atoms with van der Waals surface area (Å²) in [6.45, 7) is 5.11. The molecule has 0 aliphatic carbocycles. The van der Waals surface area contributed by atoms with E-state index in [1.165, 1.54) is 0 Å². The number of sulfonamides is 1. The number of aromatic nitrogens is 1. The molecule has 1 aliphatic rings. The Labute approximate surface area is 154 Å². The number of hydrogen-bond donors (Lipinski definition) is 0. The molecule has 0 radical (unpaired) electrons. The molecule has 0 bridgehead atoms. The lowest BCUT2D eigenvalue weighted by atomic mass is 9.97. The van der Waals surface area contributed by atoms with Crippen LogP contribution in [0.1, 0.15) is 28.4 Å². The summed E-state index contributed by atoms with van der Waals surface area (Å²) < 4.78 is 30.7. The zero-order chi connectivity index (χ0) is 18.3. The van der Waals surface area contributed by atoms with Crippen LogP contribution in [-0.2, 0) is 16.6 Å². The van der Waals surface area contributed by atoms with Gasteiger partial charge in [0.25, 0.3) is 0 Å². The topological polar surface area (TPSA) is 42.3 Å². The molecule has 5 heteroatoms. The van der Waals surface area contributed by atoms with E-state index in [2.05, 4.69) is 4.57 Å². The van der Waals surface area contributed by atoms with Crippen LogP contribution in [0.2, 0.25) is 0 Å². The fourth-order valence-electron chi connectivity index (χ4n) is 3.67. The third-order valence-corrected chi connectivity index (χ3v) is 6.98. The van der Waals surface area contributed by atoms with Crippen molar-refractivity contribution in [3.05, 3.63) is 89.2 Å². The first-order chi connectivity index (χ1) is 12.5. The van der Waals surface area contributed by atoms with Crippen LogP contribution in [-0.4, -0.2) is 23.8 Å². The van der Waals surface area contributed by atoms with Gasteiger partial charge in [0, 0.05) is 25.0 Å². The van der Waals surface area contributed by atoms with Gasteiger partial charge in [-0.2, -0.15) is 4.31 Å². The molecule has 0 fully saturated rings. The van der Waals surface area contributed by atoms with E-state index in [0.717, 1.165) is 22.4 Å². The van der Waals surface area contributed by atoms with Gasteiger partial charge in [0.1, 0.15) is 0 Å². The van der Waals surface area contributed by atoms with Gasteiger partial charge in [-0.3, -0.25) is 0 Å². The van der Waals surface area contributed by atoms with Gasteiger partial charge in [0.15, 0.2) is 0 Å². The number of aryl methyl sites for hydroxylation is 2. The van der Waals surface area contributed by atoms with E-state index in [0.29, 0.717) is 18.0 Å². The Morgan fingerprint density at radius 1 is 0.885 bits per heavy atom. The molecule has 0 saturated heterocycles. The maximum absolute atomic E-state index is 13.4. The normalized spacial score (nSPS) is 17.8. The lowest BCUT2D eigenvalue weighted by molar-refractivity contribution is 0.297. The second-order valence-corrected chi connectivity index (χ2v) is 8.70. The number of hydrogen-bond acceptors (Lipinski definition) is 2. The van der Waals surface area contributed by atoms with Crippen LogP contribution in [0.4, 0.5) is 0 Å². The van der Waals surface area contributed by atoms with E-state index in [-0.39, 0.29) is 6.04 Å². The van der Waals surface area contributed by atoms with E-state index in [1.807, 2.05) is 68.6 Å². The molecule has 0 spiro atoms. The van der Waals surface area contributed by atoms with Gasteiger partial charge in [-0.25, -0.2) is 8.42 Å². The van der Waals surface area contributed by atoms with E-state index >= 15 is 0 Å². The first-order valence-electron chi connectivity index (χ1n) is 8.77. The third kappa shape index (κ3) is 2.77. The molecule has 1 unspecified atom stereocenters. The van der Waals surface area contributed by atoms with E-state index in [4.69, 9.17) is 0 Å². The minimum Gasteiger partial charge on any atom is -0.348 e. The fourth-order valence-corrected chi connectivity index (χ4v) is 5.25. The minimum absolute atomic E-state index is 0.314. The number of fused-ring (bicyclic) bond motifs is 1. The molecular weight excluding hydrogens is 344 g/mol. The summed E-state index contributed by atoms with van der Waals surface area (Å²) in [6.07, 6.45) is 2.02. The molecule has 1 aromatic heterocycles. The largest absolute Gasteiger partial charge is 0.348 e. The smallest absolute Gasteiger partial charge is 0.244 e. The fraction of sp³-hybridized carbons (Fsp3) is 0.238. The van der Waals surface area contributed by atoms with Crippen molar-refractivity contribution in [2.45, 2.75) is 31.3 Å². The standard InChI is InChI=1S/C21H22N2O2S/c1-16-9-11-18(12-10-16)26(24,25)23-15-14-22-13-5-8-20(22)21(23)19-7-4-3-6-17(19)2/h3-13,21H,14-15H2,1-2H3. The second-order valence-electron chi connectivity index (χ2n) is 6.81. The van der Waals surface area contributed by atoms with Crippen molar-refractivity contribution >= 4 is 10.0 Å². The van der Waals surface area contributed by atoms with Crippen LogP contribution in [0.3, 0.4) is 0 Å². The van der Waals surface area contributed by atoms with Crippen LogP contribution in [0, 0.1) is 13.8 Å². The van der Waals surface area contributed by atoms with E-state index < -0.39 is 10.0 Å². The van der Waals surface area contributed by atoms with E-state index in [9.17, 15) is 8.42 Å². The molecule has 134 valence electrons. The quantitative estimate of drug-likeness (QED) is 0.705. The Kier molecular flexibility index (Phi) is 4.21. The summed E-state index contributed by atoms with van der Waals surface area (Å²) >= 11 is 0. The summed E-state index contributed by atoms with van der Waals surface area (Å²) in [5.41, 5.74) is 4.19. The summed E-state index contributed by atoms with van der Waals surface area (Å²) in [5.74, 6) is 0. The van der Waals surface area contributed by atoms with E-state index in [1.54, 1.807) is 16.4 Å². The van der Waals surface area contributed by atoms with Gasteiger partial charge >= 0.3 is 0 Å². The molecule has 0 saturated carbocycles. The average Bonchev–Trinajstić information content (AvgIpc) is 3.10. The van der Waals surface area contributed by atoms with Crippen LogP contribution in [0.5, 0.6) is 0 Å². The van der Waals surface area contributed by atoms with Gasteiger partial charge in [-0.15, -0.1) is 0 Å². The van der Waals surface area contributed by atoms with Gasteiger partial charge in [-0.05, 0) is 49.2 Å². The van der Waals surface area contributed by atoms with Crippen molar-refractivity contribution in [2.75, 3.05) is 6.54 Å². The molecule has 26 heavy (non-hydrogen) atoms. The summed E-state index contributed by atoms with van der Waals surface area (Å²) in [7, 11) is -3.59. The lowest BCUT2D eigenvalue weighted by Crippen LogP contribution is -2.42. The molecule has 1 aliphatic heterocycles. The highest BCUT2D eigenvalue weighted by Crippen LogP contribution is 2.37. The zero-order valence-corrected chi connectivity index (χ0v) is 15.8. The molecule has 4 rings (SSSR count). The summed E-state index contributed by atoms with van der Waals surface area (Å²) in [6, 6.07) is 18.8. The predicted molar refractivity (Wildman–Crippen MR) is 103 cm³/mol. The minimum atomic E-state index is -3.59. The Morgan fingerprint density at radius 2 is 1.62 bits per heavy atom. The molecule has 2 aromatic carbocycles. The monoisotopic (exact) mass is 366 g/mol. The van der Waals surface area contributed by atoms with Crippen molar-refractivity contribution in [2.24, 2.45) is 0 Å². The Bertz CT molecular complexity index is 1040. The highest BCUT2D eigenvalue weighted by molar-refractivity contribution is 7.89. The third-order valence-electron chi connectivity index (χ3n) is 5.10. The van der Waals surface area contributed by atoms with Crippen LogP contribution < -0.4 is 0 Å². The summed E-state index contributed by atoms with van der Waals surface area (Å²) in [4.78, 5) is 0.349. The maximum Gasteiger partial charge on any atom is 0.244 e. The molecule has 4 nitrogen and oxygen atoms in total. The second kappa shape index (κ2) is 6.41. The summed E-state index contributed by atoms with van der Waals surface area (Å²) in [5, 5.41) is 0. The van der Waals surface area contributed by atoms with Crippen molar-refractivity contribution in [1.29, 1.82) is 0 Å². The first-order valence-corrected chi connectivity index (χ1v) is 10.2. The van der Waals surface area contributed by atoms with Crippen LogP contribution in [0.15, 0.2) is 71.8 Å². The Hall–Kier alpha value is -2.37. The molecule has 3 aromatic rings. The number of rotatable bonds is 3. The van der Waals surface area contributed by atoms with Crippen LogP contribution >= 0.6 is 0 Å². The molecular formula is C21H22N2O2S. The highest BCUT2D eigenvalue weighted by atomic mass is 32.2. The molecule has 0 amide bonds. The van der Waals surface area contributed by atoms with Gasteiger partial charge < -0.3 is 4.57 Å². The molecule has 0 N–H and O–H groups in total. The molecule has 2 heterocycles. The Balaban J connectivity index is 1.87. The SMILES string of the molecule is Cc1ccc(S(=O)(=O)N2CCn3cccc3C2c2ccccc2C)cc1. The number of benzene rings is 2. The lowest BCUT2D eigenvalue weighted by Gasteiger charge is -2.37. The van der Waals surface area contributed by atoms with Crippen molar-refractivity contribution in [1.82, 2.24) is 8.87 Å². The number of nitrogens with zero attached hydrogens (tertiary/aromatic N) is 2. The first kappa shape index (κ1) is 17.1. The zero-order valence-electron chi connectivity index (χ0n) is 15.0. The van der Waals surface area contributed by atoms with Gasteiger partial charge in [-0.1, -0.05) is 42.0 Å². The average molecular weight is 366 g/mol. The van der Waals surface area contributed by atoms with Gasteiger partial charge in [0.05, 0.1) is 10.9 Å². The van der Waals surface area contributed by atoms with Crippen molar-refractivity contribution in [3.8, 4) is 0 Å². The predicted octanol–water partition coefficient (Wildman–Crippen LogP) is 3.90. The molecule has 1 atom stereocenters. The van der Waals surface area contributed by atoms with Crippen molar-refractivity contribution in [3.63, 3.8) is 0 Å².